The third kappa shape index (κ3) is 5.20. The summed E-state index contributed by atoms with van der Waals surface area (Å²) in [5.41, 5.74) is 0. The molecule has 2 aromatic rings. The Morgan fingerprint density at radius 3 is 2.43 bits per heavy atom. The quantitative estimate of drug-likeness (QED) is 0.579. The van der Waals surface area contributed by atoms with Gasteiger partial charge in [0, 0.05) is 25.2 Å². The Balaban J connectivity index is 1.83. The first-order chi connectivity index (χ1) is 14.3. The lowest BCUT2D eigenvalue weighted by atomic mass is 10.00. The van der Waals surface area contributed by atoms with E-state index in [1.807, 2.05) is 24.0 Å². The highest BCUT2D eigenvalue weighted by Crippen LogP contribution is 2.30. The molecule has 3 rings (SSSR count). The van der Waals surface area contributed by atoms with Crippen LogP contribution in [-0.4, -0.2) is 56.0 Å². The van der Waals surface area contributed by atoms with Crippen molar-refractivity contribution in [1.82, 2.24) is 19.7 Å². The van der Waals surface area contributed by atoms with Gasteiger partial charge in [-0.3, -0.25) is 9.36 Å². The minimum Gasteiger partial charge on any atom is -0.467 e. The van der Waals surface area contributed by atoms with Gasteiger partial charge in [0.15, 0.2) is 5.16 Å². The zero-order chi connectivity index (χ0) is 21.8. The molecule has 0 saturated carbocycles. The number of thioether (sulfide) groups is 1. The van der Waals surface area contributed by atoms with E-state index < -0.39 is 0 Å². The topological polar surface area (TPSA) is 67.4 Å². The number of rotatable bonds is 8. The monoisotopic (exact) mass is 433 g/mol. The second-order valence-corrected chi connectivity index (χ2v) is 10.1. The van der Waals surface area contributed by atoms with Crippen LogP contribution in [0.1, 0.15) is 60.1 Å². The summed E-state index contributed by atoms with van der Waals surface area (Å²) in [6, 6.07) is 4.17. The normalized spacial score (nSPS) is 16.5. The van der Waals surface area contributed by atoms with Gasteiger partial charge in [0.1, 0.15) is 5.76 Å². The Hall–Kier alpha value is -1.96. The van der Waals surface area contributed by atoms with Crippen molar-refractivity contribution in [2.45, 2.75) is 83.4 Å². The molecule has 0 N–H and O–H groups in total. The number of piperidine rings is 1. The van der Waals surface area contributed by atoms with E-state index in [1.54, 1.807) is 6.26 Å². The molecule has 166 valence electrons. The van der Waals surface area contributed by atoms with Crippen LogP contribution in [-0.2, 0) is 11.3 Å². The predicted octanol–water partition coefficient (Wildman–Crippen LogP) is 4.28. The van der Waals surface area contributed by atoms with Gasteiger partial charge in [0.05, 0.1) is 18.1 Å². The smallest absolute Gasteiger partial charge is 0.236 e. The van der Waals surface area contributed by atoms with Gasteiger partial charge in [-0.15, -0.1) is 10.2 Å². The number of carbonyl (C=O) groups excluding carboxylic acids is 1. The molecule has 30 heavy (non-hydrogen) atoms. The third-order valence-electron chi connectivity index (χ3n) is 5.65. The number of aromatic nitrogens is 3. The molecule has 1 fully saturated rings. The molecule has 2 aromatic heterocycles. The van der Waals surface area contributed by atoms with Crippen LogP contribution >= 0.6 is 11.8 Å². The fourth-order valence-corrected chi connectivity index (χ4v) is 4.93. The zero-order valence-corrected chi connectivity index (χ0v) is 19.9. The van der Waals surface area contributed by atoms with Crippen LogP contribution in [0.5, 0.6) is 0 Å². The largest absolute Gasteiger partial charge is 0.467 e. The molecule has 1 amide bonds. The average Bonchev–Trinajstić information content (AvgIpc) is 3.33. The number of amides is 1. The number of hydrogen-bond donors (Lipinski definition) is 0. The molecular weight excluding hydrogens is 398 g/mol. The Kier molecular flexibility index (Phi) is 7.50. The van der Waals surface area contributed by atoms with E-state index in [2.05, 4.69) is 54.3 Å². The van der Waals surface area contributed by atoms with Crippen LogP contribution < -0.4 is 4.90 Å². The van der Waals surface area contributed by atoms with Crippen molar-refractivity contribution in [2.75, 3.05) is 18.0 Å². The molecule has 3 heterocycles. The standard InChI is InChI=1S/C22H35N5O2S/c1-15(2)27(16(3)4)20(28)18(6)30-22-24-23-21(25-11-9-17(5)10-12-25)26(22)14-19-8-7-13-29-19/h7-8,13,15-18H,9-12,14H2,1-6H3. The number of carbonyl (C=O) groups is 1. The Labute approximate surface area is 184 Å². The molecule has 1 saturated heterocycles. The molecule has 0 radical (unpaired) electrons. The van der Waals surface area contributed by atoms with Gasteiger partial charge in [-0.05, 0) is 65.5 Å². The fourth-order valence-electron chi connectivity index (χ4n) is 4.03. The minimum atomic E-state index is -0.247. The van der Waals surface area contributed by atoms with E-state index in [9.17, 15) is 4.79 Å². The fraction of sp³-hybridized carbons (Fsp3) is 0.682. The first-order valence-electron chi connectivity index (χ1n) is 11.0. The van der Waals surface area contributed by atoms with Gasteiger partial charge < -0.3 is 14.2 Å². The number of hydrogen-bond acceptors (Lipinski definition) is 6. The molecule has 0 aromatic carbocycles. The number of furan rings is 1. The first-order valence-corrected chi connectivity index (χ1v) is 11.8. The zero-order valence-electron chi connectivity index (χ0n) is 19.0. The summed E-state index contributed by atoms with van der Waals surface area (Å²) in [7, 11) is 0. The summed E-state index contributed by atoms with van der Waals surface area (Å²) in [4.78, 5) is 17.4. The Morgan fingerprint density at radius 2 is 1.87 bits per heavy atom. The lowest BCUT2D eigenvalue weighted by Gasteiger charge is -2.33. The molecule has 1 aliphatic heterocycles. The van der Waals surface area contributed by atoms with Crippen LogP contribution in [0.15, 0.2) is 28.0 Å². The van der Waals surface area contributed by atoms with E-state index in [4.69, 9.17) is 4.42 Å². The van der Waals surface area contributed by atoms with E-state index in [0.29, 0.717) is 6.54 Å². The average molecular weight is 434 g/mol. The lowest BCUT2D eigenvalue weighted by molar-refractivity contribution is -0.133. The van der Waals surface area contributed by atoms with Crippen LogP contribution in [0.2, 0.25) is 0 Å². The van der Waals surface area contributed by atoms with Crippen molar-refractivity contribution in [3.8, 4) is 0 Å². The highest BCUT2D eigenvalue weighted by atomic mass is 32.2. The molecule has 1 atom stereocenters. The maximum Gasteiger partial charge on any atom is 0.236 e. The van der Waals surface area contributed by atoms with Gasteiger partial charge >= 0.3 is 0 Å². The van der Waals surface area contributed by atoms with Gasteiger partial charge in [-0.25, -0.2) is 0 Å². The summed E-state index contributed by atoms with van der Waals surface area (Å²) in [5, 5.41) is 9.52. The Morgan fingerprint density at radius 1 is 1.20 bits per heavy atom. The maximum atomic E-state index is 13.1. The van der Waals surface area contributed by atoms with Gasteiger partial charge in [0.25, 0.3) is 0 Å². The second-order valence-electron chi connectivity index (χ2n) is 8.81. The number of nitrogens with zero attached hydrogens (tertiary/aromatic N) is 5. The molecule has 7 nitrogen and oxygen atoms in total. The van der Waals surface area contributed by atoms with Gasteiger partial charge in [-0.1, -0.05) is 18.7 Å². The van der Waals surface area contributed by atoms with Crippen LogP contribution in [0.3, 0.4) is 0 Å². The second kappa shape index (κ2) is 9.90. The highest BCUT2D eigenvalue weighted by molar-refractivity contribution is 8.00. The summed E-state index contributed by atoms with van der Waals surface area (Å²) < 4.78 is 7.69. The molecule has 1 unspecified atom stereocenters. The van der Waals surface area contributed by atoms with E-state index in [1.165, 1.54) is 11.8 Å². The van der Waals surface area contributed by atoms with Crippen molar-refractivity contribution >= 4 is 23.6 Å². The summed E-state index contributed by atoms with van der Waals surface area (Å²) in [6.45, 7) is 15.0. The Bertz CT molecular complexity index is 802. The molecule has 0 aliphatic carbocycles. The summed E-state index contributed by atoms with van der Waals surface area (Å²) in [6.07, 6.45) is 4.00. The lowest BCUT2D eigenvalue weighted by Crippen LogP contribution is -2.45. The molecular formula is C22H35N5O2S. The highest BCUT2D eigenvalue weighted by Gasteiger charge is 2.29. The van der Waals surface area contributed by atoms with E-state index in [0.717, 1.165) is 48.7 Å². The van der Waals surface area contributed by atoms with Crippen LogP contribution in [0.4, 0.5) is 5.95 Å². The van der Waals surface area contributed by atoms with E-state index in [-0.39, 0.29) is 23.2 Å². The van der Waals surface area contributed by atoms with Crippen molar-refractivity contribution in [1.29, 1.82) is 0 Å². The number of anilines is 1. The maximum absolute atomic E-state index is 13.1. The molecule has 8 heteroatoms. The summed E-state index contributed by atoms with van der Waals surface area (Å²) in [5.74, 6) is 2.59. The SMILES string of the molecule is CC1CCN(c2nnc(SC(C)C(=O)N(C(C)C)C(C)C)n2Cc2ccco2)CC1. The summed E-state index contributed by atoms with van der Waals surface area (Å²) >= 11 is 1.48. The van der Waals surface area contributed by atoms with Crippen LogP contribution in [0, 0.1) is 5.92 Å². The minimum absolute atomic E-state index is 0.130. The molecule has 0 bridgehead atoms. The van der Waals surface area contributed by atoms with E-state index >= 15 is 0 Å². The van der Waals surface area contributed by atoms with Crippen molar-refractivity contribution in [3.05, 3.63) is 24.2 Å². The van der Waals surface area contributed by atoms with Gasteiger partial charge in [0.2, 0.25) is 11.9 Å². The van der Waals surface area contributed by atoms with Gasteiger partial charge in [-0.2, -0.15) is 0 Å². The molecule has 0 spiro atoms. The first kappa shape index (κ1) is 22.7. The molecule has 1 aliphatic rings. The predicted molar refractivity (Wildman–Crippen MR) is 121 cm³/mol. The van der Waals surface area contributed by atoms with Crippen LogP contribution in [0.25, 0.3) is 0 Å². The van der Waals surface area contributed by atoms with Crippen molar-refractivity contribution in [3.63, 3.8) is 0 Å². The third-order valence-corrected chi connectivity index (χ3v) is 6.72. The van der Waals surface area contributed by atoms with Crippen molar-refractivity contribution in [2.24, 2.45) is 5.92 Å². The van der Waals surface area contributed by atoms with Crippen molar-refractivity contribution < 1.29 is 9.21 Å².